The van der Waals surface area contributed by atoms with Gasteiger partial charge in [0.05, 0.1) is 0 Å². The van der Waals surface area contributed by atoms with Crippen molar-refractivity contribution in [1.82, 2.24) is 10.2 Å². The zero-order chi connectivity index (χ0) is 11.5. The molecule has 1 amide bonds. The van der Waals surface area contributed by atoms with E-state index in [2.05, 4.69) is 19.2 Å². The largest absolute Gasteiger partial charge is 0.340 e. The molecule has 0 aliphatic carbocycles. The molecular formula is C11H22N2OS. The fourth-order valence-electron chi connectivity index (χ4n) is 1.91. The van der Waals surface area contributed by atoms with E-state index in [1.165, 1.54) is 0 Å². The summed E-state index contributed by atoms with van der Waals surface area (Å²) < 4.78 is 0.216. The summed E-state index contributed by atoms with van der Waals surface area (Å²) in [4.78, 5) is 14.1. The molecule has 0 bridgehead atoms. The smallest absolute Gasteiger partial charge is 0.226 e. The molecule has 1 aliphatic heterocycles. The van der Waals surface area contributed by atoms with Crippen LogP contribution in [0.1, 0.15) is 20.8 Å². The van der Waals surface area contributed by atoms with Crippen molar-refractivity contribution in [3.63, 3.8) is 0 Å². The van der Waals surface area contributed by atoms with Gasteiger partial charge in [0.25, 0.3) is 0 Å². The van der Waals surface area contributed by atoms with E-state index in [0.29, 0.717) is 0 Å². The Bertz CT molecular complexity index is 231. The maximum Gasteiger partial charge on any atom is 0.226 e. The Morgan fingerprint density at radius 2 is 2.27 bits per heavy atom. The lowest BCUT2D eigenvalue weighted by atomic mass is 10.1. The third kappa shape index (κ3) is 3.68. The Labute approximate surface area is 97.0 Å². The second kappa shape index (κ2) is 5.21. The molecule has 3 nitrogen and oxygen atoms in total. The molecule has 0 aromatic rings. The van der Waals surface area contributed by atoms with Crippen molar-refractivity contribution < 1.29 is 4.79 Å². The standard InChI is InChI=1S/C11H22N2OS/c1-9(7-12-4)10(14)13-5-6-15-11(2,3)8-13/h9,12H,5-8H2,1-4H3. The van der Waals surface area contributed by atoms with Crippen LogP contribution in [0.25, 0.3) is 0 Å². The second-order valence-corrected chi connectivity index (χ2v) is 6.63. The third-order valence-corrected chi connectivity index (χ3v) is 3.97. The van der Waals surface area contributed by atoms with Crippen molar-refractivity contribution in [2.75, 3.05) is 32.4 Å². The summed E-state index contributed by atoms with van der Waals surface area (Å²) in [6.07, 6.45) is 0. The first-order valence-electron chi connectivity index (χ1n) is 5.53. The molecule has 0 aromatic heterocycles. The Balaban J connectivity index is 2.52. The maximum atomic E-state index is 12.1. The minimum Gasteiger partial charge on any atom is -0.340 e. The van der Waals surface area contributed by atoms with Crippen molar-refractivity contribution in [1.29, 1.82) is 0 Å². The van der Waals surface area contributed by atoms with Crippen LogP contribution in [-0.2, 0) is 4.79 Å². The van der Waals surface area contributed by atoms with E-state index in [9.17, 15) is 4.79 Å². The summed E-state index contributed by atoms with van der Waals surface area (Å²) in [5.74, 6) is 1.44. The number of carbonyl (C=O) groups is 1. The van der Waals surface area contributed by atoms with E-state index in [0.717, 1.165) is 25.4 Å². The molecule has 4 heteroatoms. The van der Waals surface area contributed by atoms with Crippen molar-refractivity contribution in [2.24, 2.45) is 5.92 Å². The number of carbonyl (C=O) groups excluding carboxylic acids is 1. The molecule has 1 aliphatic rings. The molecular weight excluding hydrogens is 208 g/mol. The Morgan fingerprint density at radius 3 is 2.80 bits per heavy atom. The first-order valence-corrected chi connectivity index (χ1v) is 6.52. The molecule has 88 valence electrons. The average molecular weight is 230 g/mol. The van der Waals surface area contributed by atoms with Gasteiger partial charge in [0.1, 0.15) is 0 Å². The van der Waals surface area contributed by atoms with Crippen molar-refractivity contribution in [3.8, 4) is 0 Å². The second-order valence-electron chi connectivity index (χ2n) is 4.83. The molecule has 15 heavy (non-hydrogen) atoms. The van der Waals surface area contributed by atoms with Crippen LogP contribution in [0.4, 0.5) is 0 Å². The Hall–Kier alpha value is -0.220. The summed E-state index contributed by atoms with van der Waals surface area (Å²) in [5, 5.41) is 3.06. The van der Waals surface area contributed by atoms with E-state index in [1.807, 2.05) is 30.6 Å². The Kier molecular flexibility index (Phi) is 4.46. The fraction of sp³-hybridized carbons (Fsp3) is 0.909. The topological polar surface area (TPSA) is 32.3 Å². The van der Waals surface area contributed by atoms with Gasteiger partial charge in [-0.15, -0.1) is 0 Å². The third-order valence-electron chi connectivity index (χ3n) is 2.67. The van der Waals surface area contributed by atoms with Crippen LogP contribution in [-0.4, -0.2) is 48.0 Å². The molecule has 1 atom stereocenters. The molecule has 1 saturated heterocycles. The van der Waals surface area contributed by atoms with Gasteiger partial charge in [0.15, 0.2) is 0 Å². The SMILES string of the molecule is CNCC(C)C(=O)N1CCSC(C)(C)C1. The van der Waals surface area contributed by atoms with Crippen LogP contribution < -0.4 is 5.32 Å². The van der Waals surface area contributed by atoms with E-state index >= 15 is 0 Å². The summed E-state index contributed by atoms with van der Waals surface area (Å²) in [6, 6.07) is 0. The minimum absolute atomic E-state index is 0.0916. The molecule has 0 saturated carbocycles. The van der Waals surface area contributed by atoms with Crippen LogP contribution in [0.3, 0.4) is 0 Å². The van der Waals surface area contributed by atoms with Gasteiger partial charge in [-0.2, -0.15) is 11.8 Å². The molecule has 0 aromatic carbocycles. The van der Waals surface area contributed by atoms with E-state index in [-0.39, 0.29) is 16.6 Å². The van der Waals surface area contributed by atoms with Gasteiger partial charge < -0.3 is 10.2 Å². The van der Waals surface area contributed by atoms with Gasteiger partial charge in [-0.3, -0.25) is 4.79 Å². The number of hydrogen-bond donors (Lipinski definition) is 1. The summed E-state index contributed by atoms with van der Waals surface area (Å²) >= 11 is 1.96. The first kappa shape index (κ1) is 12.8. The van der Waals surface area contributed by atoms with Gasteiger partial charge in [-0.25, -0.2) is 0 Å². The van der Waals surface area contributed by atoms with Crippen molar-refractivity contribution in [2.45, 2.75) is 25.5 Å². The highest BCUT2D eigenvalue weighted by Crippen LogP contribution is 2.29. The highest BCUT2D eigenvalue weighted by molar-refractivity contribution is 8.00. The normalized spacial score (nSPS) is 22.5. The number of hydrogen-bond acceptors (Lipinski definition) is 3. The predicted molar refractivity (Wildman–Crippen MR) is 66.2 cm³/mol. The van der Waals surface area contributed by atoms with Crippen LogP contribution in [0, 0.1) is 5.92 Å². The lowest BCUT2D eigenvalue weighted by Gasteiger charge is -2.38. The highest BCUT2D eigenvalue weighted by Gasteiger charge is 2.31. The number of amides is 1. The van der Waals surface area contributed by atoms with Crippen molar-refractivity contribution in [3.05, 3.63) is 0 Å². The monoisotopic (exact) mass is 230 g/mol. The van der Waals surface area contributed by atoms with Gasteiger partial charge in [0.2, 0.25) is 5.91 Å². The maximum absolute atomic E-state index is 12.1. The predicted octanol–water partition coefficient (Wildman–Crippen LogP) is 1.20. The number of rotatable bonds is 3. The summed E-state index contributed by atoms with van der Waals surface area (Å²) in [7, 11) is 1.89. The Morgan fingerprint density at radius 1 is 1.60 bits per heavy atom. The van der Waals surface area contributed by atoms with Crippen LogP contribution >= 0.6 is 11.8 Å². The number of thioether (sulfide) groups is 1. The fourth-order valence-corrected chi connectivity index (χ4v) is 3.02. The lowest BCUT2D eigenvalue weighted by molar-refractivity contribution is -0.135. The molecule has 1 rings (SSSR count). The highest BCUT2D eigenvalue weighted by atomic mass is 32.2. The molecule has 1 fully saturated rings. The molecule has 0 spiro atoms. The van der Waals surface area contributed by atoms with Gasteiger partial charge in [-0.05, 0) is 20.9 Å². The first-order chi connectivity index (χ1) is 6.96. The van der Waals surface area contributed by atoms with Gasteiger partial charge >= 0.3 is 0 Å². The van der Waals surface area contributed by atoms with Gasteiger partial charge in [-0.1, -0.05) is 6.92 Å². The lowest BCUT2D eigenvalue weighted by Crippen LogP contribution is -2.49. The number of nitrogens with one attached hydrogen (secondary N) is 1. The van der Waals surface area contributed by atoms with Crippen LogP contribution in [0.15, 0.2) is 0 Å². The quantitative estimate of drug-likeness (QED) is 0.790. The van der Waals surface area contributed by atoms with Crippen LogP contribution in [0.5, 0.6) is 0 Å². The minimum atomic E-state index is 0.0916. The van der Waals surface area contributed by atoms with E-state index < -0.39 is 0 Å². The zero-order valence-electron chi connectivity index (χ0n) is 10.2. The molecule has 1 heterocycles. The molecule has 1 unspecified atom stereocenters. The zero-order valence-corrected chi connectivity index (χ0v) is 11.0. The van der Waals surface area contributed by atoms with E-state index in [4.69, 9.17) is 0 Å². The van der Waals surface area contributed by atoms with Crippen molar-refractivity contribution >= 4 is 17.7 Å². The summed E-state index contributed by atoms with van der Waals surface area (Å²) in [6.45, 7) is 8.96. The van der Waals surface area contributed by atoms with E-state index in [1.54, 1.807) is 0 Å². The molecule has 0 radical (unpaired) electrons. The number of nitrogens with zero attached hydrogens (tertiary/aromatic N) is 1. The van der Waals surface area contributed by atoms with Gasteiger partial charge in [0, 0.05) is 36.1 Å². The summed E-state index contributed by atoms with van der Waals surface area (Å²) in [5.41, 5.74) is 0. The average Bonchev–Trinajstić information content (AvgIpc) is 2.15. The van der Waals surface area contributed by atoms with Crippen LogP contribution in [0.2, 0.25) is 0 Å². The molecule has 1 N–H and O–H groups in total.